The molecule has 0 spiro atoms. The van der Waals surface area contributed by atoms with Gasteiger partial charge in [0.05, 0.1) is 18.2 Å². The number of benzene rings is 2. The highest BCUT2D eigenvalue weighted by Gasteiger charge is 2.07. The summed E-state index contributed by atoms with van der Waals surface area (Å²) in [6.45, 7) is 0.831. The summed E-state index contributed by atoms with van der Waals surface area (Å²) in [4.78, 5) is 0. The molecule has 0 amide bonds. The molecule has 0 saturated heterocycles. The minimum Gasteiger partial charge on any atom is -0.497 e. The molecule has 3 nitrogen and oxygen atoms in total. The van der Waals surface area contributed by atoms with E-state index in [1.807, 2.05) is 12.1 Å². The number of rotatable bonds is 6. The Morgan fingerprint density at radius 2 is 1.95 bits per heavy atom. The van der Waals surface area contributed by atoms with Gasteiger partial charge in [0.1, 0.15) is 11.6 Å². The van der Waals surface area contributed by atoms with Crippen molar-refractivity contribution in [1.29, 1.82) is 0 Å². The van der Waals surface area contributed by atoms with Gasteiger partial charge in [-0.05, 0) is 35.4 Å². The third kappa shape index (κ3) is 4.43. The number of halogens is 2. The van der Waals surface area contributed by atoms with Crippen LogP contribution in [0.5, 0.6) is 5.75 Å². The van der Waals surface area contributed by atoms with E-state index in [9.17, 15) is 9.50 Å². The van der Waals surface area contributed by atoms with E-state index in [-0.39, 0.29) is 5.02 Å². The molecule has 2 N–H and O–H groups in total. The topological polar surface area (TPSA) is 41.5 Å². The number of aliphatic hydroxyl groups is 1. The molecule has 0 fully saturated rings. The van der Waals surface area contributed by atoms with E-state index < -0.39 is 11.9 Å². The fourth-order valence-electron chi connectivity index (χ4n) is 1.95. The van der Waals surface area contributed by atoms with Crippen molar-refractivity contribution >= 4 is 11.6 Å². The van der Waals surface area contributed by atoms with Gasteiger partial charge in [-0.2, -0.15) is 0 Å². The van der Waals surface area contributed by atoms with Gasteiger partial charge in [-0.25, -0.2) is 4.39 Å². The lowest BCUT2D eigenvalue weighted by Gasteiger charge is -2.13. The fourth-order valence-corrected chi connectivity index (χ4v) is 2.06. The lowest BCUT2D eigenvalue weighted by Crippen LogP contribution is -2.21. The first-order chi connectivity index (χ1) is 10.1. The first-order valence-electron chi connectivity index (χ1n) is 6.57. The second-order valence-corrected chi connectivity index (χ2v) is 5.08. The van der Waals surface area contributed by atoms with Crippen molar-refractivity contribution in [3.63, 3.8) is 0 Å². The number of hydrogen-bond acceptors (Lipinski definition) is 3. The summed E-state index contributed by atoms with van der Waals surface area (Å²) in [5.74, 6) is 0.308. The predicted molar refractivity (Wildman–Crippen MR) is 81.1 cm³/mol. The SMILES string of the molecule is COc1ccc(C(O)CNCc2ccc(Cl)c(F)c2)cc1. The van der Waals surface area contributed by atoms with Crippen LogP contribution in [-0.4, -0.2) is 18.8 Å². The zero-order valence-corrected chi connectivity index (χ0v) is 12.4. The summed E-state index contributed by atoms with van der Waals surface area (Å²) >= 11 is 5.62. The summed E-state index contributed by atoms with van der Waals surface area (Å²) in [6.07, 6.45) is -0.631. The molecule has 2 aromatic carbocycles. The van der Waals surface area contributed by atoms with Gasteiger partial charge >= 0.3 is 0 Å². The Balaban J connectivity index is 1.85. The normalized spacial score (nSPS) is 12.2. The number of nitrogens with one attached hydrogen (secondary N) is 1. The molecule has 0 aromatic heterocycles. The molecule has 112 valence electrons. The standard InChI is InChI=1S/C16H17ClFNO2/c1-21-13-5-3-12(4-6-13)16(20)10-19-9-11-2-7-14(17)15(18)8-11/h2-8,16,19-20H,9-10H2,1H3. The van der Waals surface area contributed by atoms with Crippen LogP contribution in [0.15, 0.2) is 42.5 Å². The molecule has 0 bridgehead atoms. The highest BCUT2D eigenvalue weighted by Crippen LogP contribution is 2.18. The van der Waals surface area contributed by atoms with E-state index in [4.69, 9.17) is 16.3 Å². The Bertz CT molecular complexity index is 589. The summed E-state index contributed by atoms with van der Waals surface area (Å²) in [5, 5.41) is 13.3. The third-order valence-corrected chi connectivity index (χ3v) is 3.46. The smallest absolute Gasteiger partial charge is 0.142 e. The Hall–Kier alpha value is -1.62. The molecule has 0 aliphatic carbocycles. The molecule has 2 rings (SSSR count). The van der Waals surface area contributed by atoms with Gasteiger partial charge in [0.2, 0.25) is 0 Å². The quantitative estimate of drug-likeness (QED) is 0.860. The van der Waals surface area contributed by atoms with Gasteiger partial charge in [-0.3, -0.25) is 0 Å². The lowest BCUT2D eigenvalue weighted by atomic mass is 10.1. The second-order valence-electron chi connectivity index (χ2n) is 4.67. The molecule has 2 aromatic rings. The highest BCUT2D eigenvalue weighted by atomic mass is 35.5. The molecule has 0 saturated carbocycles. The van der Waals surface area contributed by atoms with Crippen molar-refractivity contribution in [1.82, 2.24) is 5.32 Å². The molecular formula is C16H17ClFNO2. The number of ether oxygens (including phenoxy) is 1. The summed E-state index contributed by atoms with van der Waals surface area (Å²) in [5.41, 5.74) is 1.57. The first kappa shape index (κ1) is 15.8. The van der Waals surface area contributed by atoms with E-state index in [1.54, 1.807) is 25.3 Å². The van der Waals surface area contributed by atoms with Crippen molar-refractivity contribution < 1.29 is 14.2 Å². The summed E-state index contributed by atoms with van der Waals surface area (Å²) in [7, 11) is 1.60. The van der Waals surface area contributed by atoms with Crippen LogP contribution in [0.25, 0.3) is 0 Å². The number of aliphatic hydroxyl groups excluding tert-OH is 1. The molecule has 0 heterocycles. The molecule has 5 heteroatoms. The Kier molecular flexibility index (Phi) is 5.56. The van der Waals surface area contributed by atoms with E-state index in [0.717, 1.165) is 16.9 Å². The van der Waals surface area contributed by atoms with Crippen LogP contribution in [0.3, 0.4) is 0 Å². The van der Waals surface area contributed by atoms with Crippen molar-refractivity contribution in [3.05, 3.63) is 64.4 Å². The van der Waals surface area contributed by atoms with Crippen molar-refractivity contribution in [2.24, 2.45) is 0 Å². The summed E-state index contributed by atoms with van der Waals surface area (Å²) in [6, 6.07) is 11.9. The van der Waals surface area contributed by atoms with Crippen molar-refractivity contribution in [2.75, 3.05) is 13.7 Å². The second kappa shape index (κ2) is 7.41. The van der Waals surface area contributed by atoms with Crippen molar-refractivity contribution in [2.45, 2.75) is 12.6 Å². The Labute approximate surface area is 128 Å². The number of methoxy groups -OCH3 is 1. The van der Waals surface area contributed by atoms with Gasteiger partial charge in [-0.15, -0.1) is 0 Å². The minimum atomic E-state index is -0.631. The van der Waals surface area contributed by atoms with Gasteiger partial charge in [0.15, 0.2) is 0 Å². The highest BCUT2D eigenvalue weighted by molar-refractivity contribution is 6.30. The fraction of sp³-hybridized carbons (Fsp3) is 0.250. The van der Waals surface area contributed by atoms with E-state index in [1.165, 1.54) is 12.1 Å². The van der Waals surface area contributed by atoms with Crippen LogP contribution in [0.2, 0.25) is 5.02 Å². The Morgan fingerprint density at radius 1 is 1.24 bits per heavy atom. The van der Waals surface area contributed by atoms with Crippen LogP contribution in [-0.2, 0) is 6.54 Å². The molecule has 1 atom stereocenters. The van der Waals surface area contributed by atoms with E-state index >= 15 is 0 Å². The van der Waals surface area contributed by atoms with Crippen LogP contribution in [0, 0.1) is 5.82 Å². The molecule has 0 aliphatic heterocycles. The van der Waals surface area contributed by atoms with Gasteiger partial charge in [0, 0.05) is 13.1 Å². The molecule has 1 unspecified atom stereocenters. The van der Waals surface area contributed by atoms with Crippen molar-refractivity contribution in [3.8, 4) is 5.75 Å². The summed E-state index contributed by atoms with van der Waals surface area (Å²) < 4.78 is 18.3. The molecule has 0 aliphatic rings. The Morgan fingerprint density at radius 3 is 2.57 bits per heavy atom. The van der Waals surface area contributed by atoms with Gasteiger partial charge < -0.3 is 15.2 Å². The van der Waals surface area contributed by atoms with Crippen LogP contribution < -0.4 is 10.1 Å². The predicted octanol–water partition coefficient (Wildman–Crippen LogP) is 3.31. The maximum absolute atomic E-state index is 13.3. The molecule has 21 heavy (non-hydrogen) atoms. The zero-order valence-electron chi connectivity index (χ0n) is 11.6. The van der Waals surface area contributed by atoms with Crippen LogP contribution >= 0.6 is 11.6 Å². The molecular weight excluding hydrogens is 293 g/mol. The lowest BCUT2D eigenvalue weighted by molar-refractivity contribution is 0.174. The van der Waals surface area contributed by atoms with E-state index in [2.05, 4.69) is 5.32 Å². The monoisotopic (exact) mass is 309 g/mol. The average molecular weight is 310 g/mol. The van der Waals surface area contributed by atoms with Gasteiger partial charge in [0.25, 0.3) is 0 Å². The van der Waals surface area contributed by atoms with E-state index in [0.29, 0.717) is 13.1 Å². The van der Waals surface area contributed by atoms with Crippen LogP contribution in [0.4, 0.5) is 4.39 Å². The maximum Gasteiger partial charge on any atom is 0.142 e. The first-order valence-corrected chi connectivity index (χ1v) is 6.94. The maximum atomic E-state index is 13.3. The minimum absolute atomic E-state index is 0.108. The van der Waals surface area contributed by atoms with Gasteiger partial charge in [-0.1, -0.05) is 29.8 Å². The average Bonchev–Trinajstić information content (AvgIpc) is 2.51. The molecule has 0 radical (unpaired) electrons. The number of hydrogen-bond donors (Lipinski definition) is 2. The zero-order chi connectivity index (χ0) is 15.2. The largest absolute Gasteiger partial charge is 0.497 e. The third-order valence-electron chi connectivity index (χ3n) is 3.15. The van der Waals surface area contributed by atoms with Crippen LogP contribution in [0.1, 0.15) is 17.2 Å².